The van der Waals surface area contributed by atoms with Crippen molar-refractivity contribution in [3.8, 4) is 0 Å². The maximum atomic E-state index is 15.6. The molecule has 2 bridgehead atoms. The lowest BCUT2D eigenvalue weighted by molar-refractivity contribution is -0.0661. The van der Waals surface area contributed by atoms with Gasteiger partial charge in [0.2, 0.25) is 5.82 Å². The lowest BCUT2D eigenvalue weighted by Gasteiger charge is -2.43. The molecule has 4 fully saturated rings. The Hall–Kier alpha value is -2.26. The molecule has 4 aliphatic rings. The van der Waals surface area contributed by atoms with E-state index in [9.17, 15) is 0 Å². The van der Waals surface area contributed by atoms with Crippen LogP contribution in [0.5, 0.6) is 0 Å². The van der Waals surface area contributed by atoms with Gasteiger partial charge >= 0.3 is 0 Å². The van der Waals surface area contributed by atoms with Crippen LogP contribution in [0.2, 0.25) is 0 Å². The van der Waals surface area contributed by atoms with E-state index in [0.717, 1.165) is 51.2 Å². The highest BCUT2D eigenvalue weighted by molar-refractivity contribution is 5.59. The van der Waals surface area contributed by atoms with Crippen LogP contribution in [0, 0.1) is 17.7 Å². The lowest BCUT2D eigenvalue weighted by Crippen LogP contribution is -2.56. The molecule has 2 aliphatic heterocycles. The summed E-state index contributed by atoms with van der Waals surface area (Å²) in [5.41, 5.74) is 1.17. The standard InChI is InChI=1S/C24H34FN7O/c1-14(2)22-27-23(26-20-11-19(29-30-20)18-10-15-3-4-16(18)9-15)21(25)24(28-22)32-7-5-31(6-8-32)17-12-33-13-17/h11,14-18H,3-10,12-13H2,1-2H3,(H2,26,27,28,29,30). The fourth-order valence-electron chi connectivity index (χ4n) is 6.07. The number of halogens is 1. The molecular weight excluding hydrogens is 421 g/mol. The molecule has 33 heavy (non-hydrogen) atoms. The summed E-state index contributed by atoms with van der Waals surface area (Å²) in [6.45, 7) is 8.97. The van der Waals surface area contributed by atoms with Crippen molar-refractivity contribution in [2.24, 2.45) is 11.8 Å². The first-order valence-corrected chi connectivity index (χ1v) is 12.5. The summed E-state index contributed by atoms with van der Waals surface area (Å²) in [4.78, 5) is 13.6. The molecule has 4 heterocycles. The third kappa shape index (κ3) is 3.99. The van der Waals surface area contributed by atoms with Gasteiger partial charge in [0.25, 0.3) is 0 Å². The Labute approximate surface area is 194 Å². The molecule has 2 aliphatic carbocycles. The number of ether oxygens (including phenoxy) is 1. The number of piperazine rings is 1. The summed E-state index contributed by atoms with van der Waals surface area (Å²) in [7, 11) is 0. The second kappa shape index (κ2) is 8.51. The number of hydrogen-bond donors (Lipinski definition) is 2. The van der Waals surface area contributed by atoms with E-state index in [1.54, 1.807) is 0 Å². The zero-order valence-electron chi connectivity index (χ0n) is 19.6. The fourth-order valence-corrected chi connectivity index (χ4v) is 6.07. The summed E-state index contributed by atoms with van der Waals surface area (Å²) in [5.74, 6) is 3.77. The Morgan fingerprint density at radius 2 is 1.94 bits per heavy atom. The van der Waals surface area contributed by atoms with Crippen LogP contribution in [-0.4, -0.2) is 70.5 Å². The van der Waals surface area contributed by atoms with E-state index in [1.807, 2.05) is 19.9 Å². The summed E-state index contributed by atoms with van der Waals surface area (Å²) in [6, 6.07) is 2.55. The van der Waals surface area contributed by atoms with E-state index in [2.05, 4.69) is 35.3 Å². The Morgan fingerprint density at radius 3 is 2.58 bits per heavy atom. The molecular formula is C24H34FN7O. The third-order valence-corrected chi connectivity index (χ3v) is 8.10. The van der Waals surface area contributed by atoms with Crippen LogP contribution in [0.25, 0.3) is 0 Å². The van der Waals surface area contributed by atoms with Crippen molar-refractivity contribution in [3.05, 3.63) is 23.4 Å². The molecule has 3 unspecified atom stereocenters. The maximum absolute atomic E-state index is 15.6. The van der Waals surface area contributed by atoms with Crippen LogP contribution >= 0.6 is 0 Å². The number of aromatic amines is 1. The first kappa shape index (κ1) is 21.3. The molecule has 178 valence electrons. The highest BCUT2D eigenvalue weighted by atomic mass is 19.1. The van der Waals surface area contributed by atoms with Crippen molar-refractivity contribution in [2.45, 2.75) is 57.4 Å². The Morgan fingerprint density at radius 1 is 1.12 bits per heavy atom. The largest absolute Gasteiger partial charge is 0.378 e. The highest BCUT2D eigenvalue weighted by Crippen LogP contribution is 2.52. The quantitative estimate of drug-likeness (QED) is 0.688. The SMILES string of the molecule is CC(C)c1nc(Nc2cc(C3CC4CCC3C4)[nH]n2)c(F)c(N2CCN(C3COC3)CC2)n1. The number of anilines is 3. The van der Waals surface area contributed by atoms with E-state index in [0.29, 0.717) is 29.4 Å². The number of nitrogens with one attached hydrogen (secondary N) is 2. The van der Waals surface area contributed by atoms with Crippen molar-refractivity contribution in [2.75, 3.05) is 49.6 Å². The molecule has 9 heteroatoms. The van der Waals surface area contributed by atoms with E-state index in [1.165, 1.54) is 31.4 Å². The molecule has 0 amide bonds. The highest BCUT2D eigenvalue weighted by Gasteiger charge is 2.41. The van der Waals surface area contributed by atoms with Gasteiger partial charge in [-0.05, 0) is 31.1 Å². The van der Waals surface area contributed by atoms with Crippen molar-refractivity contribution in [1.29, 1.82) is 0 Å². The van der Waals surface area contributed by atoms with Crippen LogP contribution in [0.3, 0.4) is 0 Å². The van der Waals surface area contributed by atoms with Gasteiger partial charge in [-0.2, -0.15) is 9.49 Å². The number of H-pyrrole nitrogens is 1. The van der Waals surface area contributed by atoms with Gasteiger partial charge in [-0.1, -0.05) is 20.3 Å². The minimum atomic E-state index is -0.399. The summed E-state index contributed by atoms with van der Waals surface area (Å²) in [6.07, 6.45) is 5.28. The first-order chi connectivity index (χ1) is 16.0. The molecule has 2 aromatic heterocycles. The van der Waals surface area contributed by atoms with E-state index < -0.39 is 5.82 Å². The van der Waals surface area contributed by atoms with Gasteiger partial charge in [-0.3, -0.25) is 10.00 Å². The van der Waals surface area contributed by atoms with E-state index in [4.69, 9.17) is 4.74 Å². The Bertz CT molecular complexity index is 999. The molecule has 2 N–H and O–H groups in total. The van der Waals surface area contributed by atoms with Crippen LogP contribution in [0.15, 0.2) is 6.07 Å². The predicted octanol–water partition coefficient (Wildman–Crippen LogP) is 3.63. The smallest absolute Gasteiger partial charge is 0.208 e. The van der Waals surface area contributed by atoms with Gasteiger partial charge in [0, 0.05) is 49.8 Å². The normalized spacial score (nSPS) is 28.0. The average molecular weight is 456 g/mol. The topological polar surface area (TPSA) is 82.2 Å². The molecule has 8 nitrogen and oxygen atoms in total. The molecule has 0 aromatic carbocycles. The van der Waals surface area contributed by atoms with Crippen LogP contribution < -0.4 is 10.2 Å². The second-order valence-corrected chi connectivity index (χ2v) is 10.6. The summed E-state index contributed by atoms with van der Waals surface area (Å²) < 4.78 is 21.0. The third-order valence-electron chi connectivity index (χ3n) is 8.10. The van der Waals surface area contributed by atoms with Crippen molar-refractivity contribution < 1.29 is 9.13 Å². The van der Waals surface area contributed by atoms with Gasteiger partial charge in [-0.25, -0.2) is 9.97 Å². The second-order valence-electron chi connectivity index (χ2n) is 10.6. The molecule has 0 spiro atoms. The molecule has 3 atom stereocenters. The lowest BCUT2D eigenvalue weighted by atomic mass is 9.86. The fraction of sp³-hybridized carbons (Fsp3) is 0.708. The number of hydrogen-bond acceptors (Lipinski definition) is 7. The van der Waals surface area contributed by atoms with Gasteiger partial charge in [-0.15, -0.1) is 0 Å². The zero-order valence-corrected chi connectivity index (χ0v) is 19.6. The number of fused-ring (bicyclic) bond motifs is 2. The molecule has 2 saturated carbocycles. The van der Waals surface area contributed by atoms with Crippen LogP contribution in [0.1, 0.15) is 62.9 Å². The van der Waals surface area contributed by atoms with E-state index >= 15 is 4.39 Å². The minimum absolute atomic E-state index is 0.0992. The summed E-state index contributed by atoms with van der Waals surface area (Å²) in [5, 5.41) is 10.8. The average Bonchev–Trinajstić information content (AvgIpc) is 3.51. The Kier molecular flexibility index (Phi) is 5.49. The van der Waals surface area contributed by atoms with Gasteiger partial charge < -0.3 is 15.0 Å². The number of rotatable bonds is 6. The van der Waals surface area contributed by atoms with E-state index in [-0.39, 0.29) is 11.7 Å². The molecule has 6 rings (SSSR count). The van der Waals surface area contributed by atoms with Crippen molar-refractivity contribution in [1.82, 2.24) is 25.1 Å². The maximum Gasteiger partial charge on any atom is 0.208 e. The molecule has 0 radical (unpaired) electrons. The minimum Gasteiger partial charge on any atom is -0.378 e. The monoisotopic (exact) mass is 455 g/mol. The van der Waals surface area contributed by atoms with Gasteiger partial charge in [0.05, 0.1) is 19.3 Å². The summed E-state index contributed by atoms with van der Waals surface area (Å²) >= 11 is 0. The van der Waals surface area contributed by atoms with Gasteiger partial charge in [0.15, 0.2) is 17.5 Å². The zero-order chi connectivity index (χ0) is 22.5. The number of nitrogens with zero attached hydrogens (tertiary/aromatic N) is 5. The predicted molar refractivity (Wildman–Crippen MR) is 125 cm³/mol. The molecule has 2 saturated heterocycles. The van der Waals surface area contributed by atoms with Crippen LogP contribution in [0.4, 0.5) is 21.8 Å². The van der Waals surface area contributed by atoms with Crippen molar-refractivity contribution in [3.63, 3.8) is 0 Å². The number of aromatic nitrogens is 4. The Balaban J connectivity index is 1.21. The first-order valence-electron chi connectivity index (χ1n) is 12.5. The van der Waals surface area contributed by atoms with Crippen LogP contribution in [-0.2, 0) is 4.74 Å². The van der Waals surface area contributed by atoms with Crippen molar-refractivity contribution >= 4 is 17.5 Å². The van der Waals surface area contributed by atoms with Gasteiger partial charge in [0.1, 0.15) is 5.82 Å². The molecule has 2 aromatic rings.